The molecule has 2 N–H and O–H groups in total. The smallest absolute Gasteiger partial charge is 0.134 e. The lowest BCUT2D eigenvalue weighted by Crippen LogP contribution is -2.41. The lowest BCUT2D eigenvalue weighted by molar-refractivity contribution is 0.184. The number of rotatable bonds is 5. The standard InChI is InChI=1S/C16H20BrNO2/c1-11-8-12(4-6-14(11)17)15-7-5-13(20-15)9-18-16(2,3)10-19/h4-8,18-19H,9-10H2,1-3H3. The molecule has 0 bridgehead atoms. The molecule has 0 aliphatic carbocycles. The van der Waals surface area contributed by atoms with Gasteiger partial charge in [-0.25, -0.2) is 0 Å². The molecule has 4 heteroatoms. The summed E-state index contributed by atoms with van der Waals surface area (Å²) in [4.78, 5) is 0. The minimum Gasteiger partial charge on any atom is -0.460 e. The molecule has 20 heavy (non-hydrogen) atoms. The molecule has 2 aromatic rings. The molecular formula is C16H20BrNO2. The maximum atomic E-state index is 9.21. The molecule has 108 valence electrons. The summed E-state index contributed by atoms with van der Waals surface area (Å²) >= 11 is 3.50. The van der Waals surface area contributed by atoms with Crippen molar-refractivity contribution in [2.75, 3.05) is 6.61 Å². The van der Waals surface area contributed by atoms with Gasteiger partial charge in [-0.3, -0.25) is 0 Å². The quantitative estimate of drug-likeness (QED) is 0.870. The maximum Gasteiger partial charge on any atom is 0.134 e. The van der Waals surface area contributed by atoms with E-state index in [1.165, 1.54) is 5.56 Å². The van der Waals surface area contributed by atoms with Crippen molar-refractivity contribution >= 4 is 15.9 Å². The Morgan fingerprint density at radius 3 is 2.65 bits per heavy atom. The number of halogens is 1. The Balaban J connectivity index is 2.10. The molecule has 1 aromatic heterocycles. The van der Waals surface area contributed by atoms with Crippen LogP contribution in [0.3, 0.4) is 0 Å². The molecule has 0 aliphatic rings. The number of nitrogens with one attached hydrogen (secondary N) is 1. The van der Waals surface area contributed by atoms with Crippen LogP contribution < -0.4 is 5.32 Å². The second-order valence-electron chi connectivity index (χ2n) is 5.63. The van der Waals surface area contributed by atoms with Gasteiger partial charge in [0.2, 0.25) is 0 Å². The van der Waals surface area contributed by atoms with Crippen LogP contribution in [0.5, 0.6) is 0 Å². The first-order valence-corrected chi connectivity index (χ1v) is 7.42. The van der Waals surface area contributed by atoms with Crippen molar-refractivity contribution in [1.29, 1.82) is 0 Å². The summed E-state index contributed by atoms with van der Waals surface area (Å²) in [6.45, 7) is 6.65. The summed E-state index contributed by atoms with van der Waals surface area (Å²) in [5.74, 6) is 1.72. The van der Waals surface area contributed by atoms with Crippen LogP contribution in [-0.4, -0.2) is 17.3 Å². The Bertz CT molecular complexity index is 590. The Labute approximate surface area is 128 Å². The van der Waals surface area contributed by atoms with Gasteiger partial charge in [0.05, 0.1) is 13.2 Å². The lowest BCUT2D eigenvalue weighted by Gasteiger charge is -2.22. The van der Waals surface area contributed by atoms with E-state index in [-0.39, 0.29) is 12.1 Å². The monoisotopic (exact) mass is 337 g/mol. The minimum absolute atomic E-state index is 0.0898. The molecular weight excluding hydrogens is 318 g/mol. The number of benzene rings is 1. The van der Waals surface area contributed by atoms with Gasteiger partial charge in [-0.05, 0) is 50.6 Å². The second kappa shape index (κ2) is 6.12. The number of aryl methyl sites for hydroxylation is 1. The first kappa shape index (κ1) is 15.3. The molecule has 1 aromatic carbocycles. The highest BCUT2D eigenvalue weighted by Gasteiger charge is 2.16. The Morgan fingerprint density at radius 1 is 1.25 bits per heavy atom. The summed E-state index contributed by atoms with van der Waals surface area (Å²) in [5.41, 5.74) is 1.94. The van der Waals surface area contributed by atoms with Crippen LogP contribution >= 0.6 is 15.9 Å². The van der Waals surface area contributed by atoms with E-state index >= 15 is 0 Å². The molecule has 0 fully saturated rings. The molecule has 0 saturated heterocycles. The van der Waals surface area contributed by atoms with Gasteiger partial charge < -0.3 is 14.8 Å². The van der Waals surface area contributed by atoms with Gasteiger partial charge in [-0.1, -0.05) is 22.0 Å². The highest BCUT2D eigenvalue weighted by molar-refractivity contribution is 9.10. The van der Waals surface area contributed by atoms with E-state index in [1.54, 1.807) is 0 Å². The topological polar surface area (TPSA) is 45.4 Å². The molecule has 2 rings (SSSR count). The summed E-state index contributed by atoms with van der Waals surface area (Å²) in [5, 5.41) is 12.5. The van der Waals surface area contributed by atoms with Gasteiger partial charge in [0.1, 0.15) is 11.5 Å². The summed E-state index contributed by atoms with van der Waals surface area (Å²) in [6, 6.07) is 10.1. The molecule has 0 atom stereocenters. The van der Waals surface area contributed by atoms with Crippen LogP contribution in [-0.2, 0) is 6.54 Å². The van der Waals surface area contributed by atoms with Crippen molar-refractivity contribution < 1.29 is 9.52 Å². The average Bonchev–Trinajstić information content (AvgIpc) is 2.89. The summed E-state index contributed by atoms with van der Waals surface area (Å²) < 4.78 is 6.94. The normalized spacial score (nSPS) is 11.8. The Hall–Kier alpha value is -1.10. The zero-order valence-corrected chi connectivity index (χ0v) is 13.6. The Kier molecular flexibility index (Phi) is 4.68. The molecule has 3 nitrogen and oxygen atoms in total. The van der Waals surface area contributed by atoms with Crippen LogP contribution in [0, 0.1) is 6.92 Å². The third-order valence-corrected chi connectivity index (χ3v) is 4.13. The van der Waals surface area contributed by atoms with Crippen LogP contribution in [0.15, 0.2) is 39.2 Å². The van der Waals surface area contributed by atoms with E-state index in [0.29, 0.717) is 6.54 Å². The summed E-state index contributed by atoms with van der Waals surface area (Å²) in [7, 11) is 0. The van der Waals surface area contributed by atoms with Gasteiger partial charge in [-0.2, -0.15) is 0 Å². The van der Waals surface area contributed by atoms with Crippen LogP contribution in [0.4, 0.5) is 0 Å². The molecule has 0 saturated carbocycles. The molecule has 0 amide bonds. The van der Waals surface area contributed by atoms with E-state index < -0.39 is 0 Å². The minimum atomic E-state index is -0.304. The number of aliphatic hydroxyl groups excluding tert-OH is 1. The van der Waals surface area contributed by atoms with Crippen molar-refractivity contribution in [2.24, 2.45) is 0 Å². The van der Waals surface area contributed by atoms with E-state index in [1.807, 2.05) is 38.1 Å². The predicted octanol–water partition coefficient (Wildman–Crippen LogP) is 3.88. The van der Waals surface area contributed by atoms with E-state index in [4.69, 9.17) is 4.42 Å². The van der Waals surface area contributed by atoms with Crippen LogP contribution in [0.2, 0.25) is 0 Å². The average molecular weight is 338 g/mol. The van der Waals surface area contributed by atoms with Crippen molar-refractivity contribution in [1.82, 2.24) is 5.32 Å². The zero-order valence-electron chi connectivity index (χ0n) is 12.0. The second-order valence-corrected chi connectivity index (χ2v) is 6.48. The lowest BCUT2D eigenvalue weighted by atomic mass is 10.1. The first-order chi connectivity index (χ1) is 9.41. The van der Waals surface area contributed by atoms with Gasteiger partial charge >= 0.3 is 0 Å². The highest BCUT2D eigenvalue weighted by atomic mass is 79.9. The van der Waals surface area contributed by atoms with Crippen LogP contribution in [0.1, 0.15) is 25.2 Å². The zero-order chi connectivity index (χ0) is 14.8. The van der Waals surface area contributed by atoms with Crippen molar-refractivity contribution in [3.63, 3.8) is 0 Å². The number of aliphatic hydroxyl groups is 1. The fraction of sp³-hybridized carbons (Fsp3) is 0.375. The summed E-state index contributed by atoms with van der Waals surface area (Å²) in [6.07, 6.45) is 0. The fourth-order valence-corrected chi connectivity index (χ4v) is 2.05. The molecule has 0 spiro atoms. The Morgan fingerprint density at radius 2 is 2.00 bits per heavy atom. The molecule has 1 heterocycles. The molecule has 0 unspecified atom stereocenters. The number of furan rings is 1. The van der Waals surface area contributed by atoms with Crippen molar-refractivity contribution in [2.45, 2.75) is 32.9 Å². The van der Waals surface area contributed by atoms with Gasteiger partial charge in [0, 0.05) is 15.6 Å². The van der Waals surface area contributed by atoms with E-state index in [0.717, 1.165) is 21.6 Å². The number of hydrogen-bond donors (Lipinski definition) is 2. The first-order valence-electron chi connectivity index (χ1n) is 6.62. The fourth-order valence-electron chi connectivity index (χ4n) is 1.81. The molecule has 0 aliphatic heterocycles. The van der Waals surface area contributed by atoms with Crippen molar-refractivity contribution in [3.8, 4) is 11.3 Å². The van der Waals surface area contributed by atoms with E-state index in [9.17, 15) is 5.11 Å². The SMILES string of the molecule is Cc1cc(-c2ccc(CNC(C)(C)CO)o2)ccc1Br. The third-order valence-electron chi connectivity index (χ3n) is 3.24. The van der Waals surface area contributed by atoms with Crippen molar-refractivity contribution in [3.05, 3.63) is 46.1 Å². The maximum absolute atomic E-state index is 9.21. The van der Waals surface area contributed by atoms with Gasteiger partial charge in [0.15, 0.2) is 0 Å². The van der Waals surface area contributed by atoms with Crippen LogP contribution in [0.25, 0.3) is 11.3 Å². The van der Waals surface area contributed by atoms with E-state index in [2.05, 4.69) is 34.2 Å². The predicted molar refractivity (Wildman–Crippen MR) is 84.6 cm³/mol. The molecule has 0 radical (unpaired) electrons. The third kappa shape index (κ3) is 3.72. The van der Waals surface area contributed by atoms with Gasteiger partial charge in [-0.15, -0.1) is 0 Å². The largest absolute Gasteiger partial charge is 0.460 e. The number of hydrogen-bond acceptors (Lipinski definition) is 3. The highest BCUT2D eigenvalue weighted by Crippen LogP contribution is 2.26. The van der Waals surface area contributed by atoms with Gasteiger partial charge in [0.25, 0.3) is 0 Å².